The number of methoxy groups -OCH3 is 1. The summed E-state index contributed by atoms with van der Waals surface area (Å²) in [7, 11) is -2.64. The van der Waals surface area contributed by atoms with E-state index in [1.807, 2.05) is 6.07 Å². The van der Waals surface area contributed by atoms with Crippen LogP contribution in [0.3, 0.4) is 0 Å². The normalized spacial score (nSPS) is 16.3. The van der Waals surface area contributed by atoms with Gasteiger partial charge < -0.3 is 9.15 Å². The number of ether oxygens (including phenoxy) is 1. The molecule has 1 fully saturated rings. The van der Waals surface area contributed by atoms with Gasteiger partial charge in [-0.15, -0.1) is 0 Å². The van der Waals surface area contributed by atoms with E-state index in [1.54, 1.807) is 12.3 Å². The van der Waals surface area contributed by atoms with Crippen LogP contribution >= 0.6 is 0 Å². The number of nitro benzene ring substituents is 1. The van der Waals surface area contributed by atoms with Crippen molar-refractivity contribution in [3.8, 4) is 5.75 Å². The molecule has 0 amide bonds. The molecule has 0 saturated carbocycles. The molecule has 1 aliphatic rings. The Kier molecular flexibility index (Phi) is 5.78. The maximum Gasteiger partial charge on any atom is 0.312 e. The van der Waals surface area contributed by atoms with Gasteiger partial charge in [0.05, 0.1) is 29.2 Å². The molecule has 146 valence electrons. The van der Waals surface area contributed by atoms with Crippen molar-refractivity contribution in [2.45, 2.75) is 23.8 Å². The Morgan fingerprint density at radius 1 is 1.33 bits per heavy atom. The summed E-state index contributed by atoms with van der Waals surface area (Å²) in [6.07, 6.45) is 3.66. The first-order chi connectivity index (χ1) is 12.9. The predicted octanol–water partition coefficient (Wildman–Crippen LogP) is 2.31. The van der Waals surface area contributed by atoms with Crippen LogP contribution in [-0.2, 0) is 10.0 Å². The lowest BCUT2D eigenvalue weighted by molar-refractivity contribution is -0.386. The van der Waals surface area contributed by atoms with E-state index in [-0.39, 0.29) is 23.2 Å². The summed E-state index contributed by atoms with van der Waals surface area (Å²) in [6.45, 7) is 1.83. The number of furan rings is 1. The zero-order valence-electron chi connectivity index (χ0n) is 14.8. The van der Waals surface area contributed by atoms with Crippen molar-refractivity contribution in [2.24, 2.45) is 0 Å². The second kappa shape index (κ2) is 8.07. The van der Waals surface area contributed by atoms with Gasteiger partial charge >= 0.3 is 5.69 Å². The Balaban J connectivity index is 1.81. The van der Waals surface area contributed by atoms with Gasteiger partial charge in [-0.1, -0.05) is 0 Å². The van der Waals surface area contributed by atoms with Gasteiger partial charge in [0.1, 0.15) is 5.76 Å². The summed E-state index contributed by atoms with van der Waals surface area (Å²) in [5.41, 5.74) is -0.400. The maximum absolute atomic E-state index is 12.7. The molecule has 2 aromatic rings. The van der Waals surface area contributed by atoms with Crippen LogP contribution in [0.15, 0.2) is 45.9 Å². The molecular weight excluding hydrogens is 374 g/mol. The molecule has 0 aliphatic carbocycles. The Morgan fingerprint density at radius 3 is 2.67 bits per heavy atom. The van der Waals surface area contributed by atoms with Crippen molar-refractivity contribution in [2.75, 3.05) is 26.7 Å². The fourth-order valence-electron chi connectivity index (χ4n) is 3.20. The molecule has 1 saturated heterocycles. The molecule has 1 aromatic carbocycles. The first-order valence-corrected chi connectivity index (χ1v) is 10.0. The average molecular weight is 395 g/mol. The zero-order valence-corrected chi connectivity index (χ0v) is 15.6. The molecule has 1 atom stereocenters. The molecular formula is C17H21N3O6S. The molecule has 1 N–H and O–H groups in total. The van der Waals surface area contributed by atoms with E-state index < -0.39 is 20.6 Å². The van der Waals surface area contributed by atoms with Gasteiger partial charge in [0, 0.05) is 12.6 Å². The topological polar surface area (TPSA) is 115 Å². The van der Waals surface area contributed by atoms with Crippen LogP contribution in [-0.4, -0.2) is 45.0 Å². The van der Waals surface area contributed by atoms with Crippen LogP contribution in [0.1, 0.15) is 24.6 Å². The van der Waals surface area contributed by atoms with Crippen molar-refractivity contribution >= 4 is 15.7 Å². The van der Waals surface area contributed by atoms with Crippen LogP contribution in [0.2, 0.25) is 0 Å². The molecule has 27 heavy (non-hydrogen) atoms. The SMILES string of the molecule is COc1ccc(S(=O)(=O)NCC(c2ccco2)N2CCCC2)cc1[N+](=O)[O-]. The molecule has 9 nitrogen and oxygen atoms in total. The van der Waals surface area contributed by atoms with E-state index in [4.69, 9.17) is 9.15 Å². The highest BCUT2D eigenvalue weighted by atomic mass is 32.2. The van der Waals surface area contributed by atoms with Crippen molar-refractivity contribution in [1.29, 1.82) is 0 Å². The Morgan fingerprint density at radius 2 is 2.07 bits per heavy atom. The lowest BCUT2D eigenvalue weighted by atomic mass is 10.2. The quantitative estimate of drug-likeness (QED) is 0.539. The minimum absolute atomic E-state index is 0.00415. The summed E-state index contributed by atoms with van der Waals surface area (Å²) < 4.78 is 38.3. The highest BCUT2D eigenvalue weighted by Gasteiger charge is 2.28. The predicted molar refractivity (Wildman–Crippen MR) is 97.1 cm³/mol. The van der Waals surface area contributed by atoms with Gasteiger partial charge in [-0.25, -0.2) is 13.1 Å². The minimum Gasteiger partial charge on any atom is -0.490 e. The molecule has 1 aliphatic heterocycles. The monoisotopic (exact) mass is 395 g/mol. The molecule has 2 heterocycles. The average Bonchev–Trinajstić information content (AvgIpc) is 3.35. The number of nitrogens with one attached hydrogen (secondary N) is 1. The largest absolute Gasteiger partial charge is 0.490 e. The van der Waals surface area contributed by atoms with Gasteiger partial charge in [0.25, 0.3) is 0 Å². The third kappa shape index (κ3) is 4.29. The van der Waals surface area contributed by atoms with E-state index in [1.165, 1.54) is 19.2 Å². The van der Waals surface area contributed by atoms with E-state index in [0.29, 0.717) is 5.76 Å². The number of hydrogen-bond donors (Lipinski definition) is 1. The number of likely N-dealkylation sites (tertiary alicyclic amines) is 1. The summed E-state index contributed by atoms with van der Waals surface area (Å²) >= 11 is 0. The summed E-state index contributed by atoms with van der Waals surface area (Å²) in [6, 6.07) is 6.91. The smallest absolute Gasteiger partial charge is 0.312 e. The molecule has 10 heteroatoms. The molecule has 0 radical (unpaired) electrons. The van der Waals surface area contributed by atoms with Crippen molar-refractivity contribution in [1.82, 2.24) is 9.62 Å². The van der Waals surface area contributed by atoms with Crippen molar-refractivity contribution < 1.29 is 22.5 Å². The van der Waals surface area contributed by atoms with Crippen LogP contribution in [0.5, 0.6) is 5.75 Å². The van der Waals surface area contributed by atoms with Crippen LogP contribution in [0.4, 0.5) is 5.69 Å². The number of benzene rings is 1. The lowest BCUT2D eigenvalue weighted by Crippen LogP contribution is -2.36. The Hall–Kier alpha value is -2.43. The van der Waals surface area contributed by atoms with Gasteiger partial charge in [-0.05, 0) is 50.2 Å². The fourth-order valence-corrected chi connectivity index (χ4v) is 4.25. The molecule has 0 bridgehead atoms. The standard InChI is InChI=1S/C17H21N3O6S/c1-25-16-7-6-13(11-14(16)20(21)22)27(23,24)18-12-15(17-5-4-10-26-17)19-8-2-3-9-19/h4-7,10-11,15,18H,2-3,8-9,12H2,1H3. The van der Waals surface area contributed by atoms with Crippen LogP contribution < -0.4 is 9.46 Å². The van der Waals surface area contributed by atoms with E-state index in [2.05, 4.69) is 9.62 Å². The molecule has 0 spiro atoms. The second-order valence-electron chi connectivity index (χ2n) is 6.22. The number of sulfonamides is 1. The number of nitrogens with zero attached hydrogens (tertiary/aromatic N) is 2. The number of hydrogen-bond acceptors (Lipinski definition) is 7. The van der Waals surface area contributed by atoms with E-state index in [9.17, 15) is 18.5 Å². The zero-order chi connectivity index (χ0) is 19.4. The number of rotatable bonds is 8. The third-order valence-electron chi connectivity index (χ3n) is 4.58. The molecule has 1 unspecified atom stereocenters. The number of nitro groups is 1. The Labute approximate surface area is 157 Å². The van der Waals surface area contributed by atoms with Gasteiger partial charge in [-0.2, -0.15) is 0 Å². The summed E-state index contributed by atoms with van der Waals surface area (Å²) in [4.78, 5) is 12.5. The highest BCUT2D eigenvalue weighted by molar-refractivity contribution is 7.89. The molecule has 3 rings (SSSR count). The Bertz CT molecular complexity index is 891. The van der Waals surface area contributed by atoms with Crippen LogP contribution in [0.25, 0.3) is 0 Å². The fraction of sp³-hybridized carbons (Fsp3) is 0.412. The highest BCUT2D eigenvalue weighted by Crippen LogP contribution is 2.30. The van der Waals surface area contributed by atoms with Gasteiger partial charge in [-0.3, -0.25) is 15.0 Å². The second-order valence-corrected chi connectivity index (χ2v) is 7.98. The van der Waals surface area contributed by atoms with Crippen molar-refractivity contribution in [3.05, 3.63) is 52.5 Å². The van der Waals surface area contributed by atoms with E-state index >= 15 is 0 Å². The first kappa shape index (κ1) is 19.3. The van der Waals surface area contributed by atoms with E-state index in [0.717, 1.165) is 32.0 Å². The van der Waals surface area contributed by atoms with Crippen LogP contribution in [0, 0.1) is 10.1 Å². The first-order valence-electron chi connectivity index (χ1n) is 8.52. The van der Waals surface area contributed by atoms with Crippen molar-refractivity contribution in [3.63, 3.8) is 0 Å². The summed E-state index contributed by atoms with van der Waals surface area (Å²) in [5.74, 6) is 0.685. The minimum atomic E-state index is -3.94. The third-order valence-corrected chi connectivity index (χ3v) is 6.00. The summed E-state index contributed by atoms with van der Waals surface area (Å²) in [5, 5.41) is 11.1. The molecule has 1 aromatic heterocycles. The lowest BCUT2D eigenvalue weighted by Gasteiger charge is -2.25. The maximum atomic E-state index is 12.7. The van der Waals surface area contributed by atoms with Gasteiger partial charge in [0.2, 0.25) is 10.0 Å². The van der Waals surface area contributed by atoms with Gasteiger partial charge in [0.15, 0.2) is 5.75 Å².